The van der Waals surface area contributed by atoms with Gasteiger partial charge < -0.3 is 0 Å². The number of hydrogen-bond acceptors (Lipinski definition) is 3. The summed E-state index contributed by atoms with van der Waals surface area (Å²) in [7, 11) is 0. The van der Waals surface area contributed by atoms with Crippen molar-refractivity contribution in [3.63, 3.8) is 0 Å². The normalized spacial score (nSPS) is 21.3. The Balaban J connectivity index is 2.45. The monoisotopic (exact) mass is 250 g/mol. The lowest BCUT2D eigenvalue weighted by Crippen LogP contribution is -2.56. The minimum Gasteiger partial charge on any atom is -0.268 e. The number of urea groups is 1. The summed E-state index contributed by atoms with van der Waals surface area (Å²) in [5.41, 5.74) is 1.17. The molecule has 2 fully saturated rings. The van der Waals surface area contributed by atoms with E-state index in [1.54, 1.807) is 13.8 Å². The smallest absolute Gasteiger partial charge is 0.268 e. The van der Waals surface area contributed by atoms with E-state index in [1.807, 2.05) is 0 Å². The van der Waals surface area contributed by atoms with Crippen LogP contribution >= 0.6 is 0 Å². The van der Waals surface area contributed by atoms with Gasteiger partial charge in [0.05, 0.1) is 0 Å². The molecule has 0 atom stereocenters. The number of hydrogen-bond donors (Lipinski definition) is 0. The first-order chi connectivity index (χ1) is 8.61. The number of likely N-dealkylation sites (N-methyl/N-ethyl adjacent to an activating group) is 2. The van der Waals surface area contributed by atoms with Gasteiger partial charge in [-0.15, -0.1) is 0 Å². The molecule has 0 unspecified atom stereocenters. The number of rotatable bonds is 2. The third-order valence-electron chi connectivity index (χ3n) is 3.57. The summed E-state index contributed by atoms with van der Waals surface area (Å²) in [4.78, 5) is 38.7. The standard InChI is InChI=1S/C13H18N2O3/c1-3-14-11(16)10(9-7-5-6-8-9)12(17)15(4-2)13(14)18/h3-8H2,1-2H3. The quantitative estimate of drug-likeness (QED) is 0.553. The van der Waals surface area contributed by atoms with Crippen molar-refractivity contribution in [1.82, 2.24) is 9.80 Å². The first kappa shape index (κ1) is 12.8. The number of imide groups is 2. The van der Waals surface area contributed by atoms with Crippen molar-refractivity contribution in [1.29, 1.82) is 0 Å². The second kappa shape index (κ2) is 4.92. The maximum atomic E-state index is 12.2. The number of nitrogens with zero attached hydrogens (tertiary/aromatic N) is 2. The second-order valence-electron chi connectivity index (χ2n) is 4.57. The predicted molar refractivity (Wildman–Crippen MR) is 65.7 cm³/mol. The van der Waals surface area contributed by atoms with E-state index in [0.29, 0.717) is 13.1 Å². The van der Waals surface area contributed by atoms with Gasteiger partial charge in [-0.1, -0.05) is 5.57 Å². The highest BCUT2D eigenvalue weighted by Gasteiger charge is 2.42. The lowest BCUT2D eigenvalue weighted by molar-refractivity contribution is -0.135. The van der Waals surface area contributed by atoms with Gasteiger partial charge in [-0.3, -0.25) is 19.4 Å². The molecule has 1 aliphatic carbocycles. The van der Waals surface area contributed by atoms with Gasteiger partial charge in [0.1, 0.15) is 5.57 Å². The van der Waals surface area contributed by atoms with Crippen LogP contribution in [0, 0.1) is 0 Å². The van der Waals surface area contributed by atoms with Crippen LogP contribution in [0.5, 0.6) is 0 Å². The van der Waals surface area contributed by atoms with E-state index in [2.05, 4.69) is 0 Å². The average Bonchev–Trinajstić information content (AvgIpc) is 2.83. The summed E-state index contributed by atoms with van der Waals surface area (Å²) in [5.74, 6) is -0.816. The molecule has 1 saturated carbocycles. The largest absolute Gasteiger partial charge is 0.333 e. The van der Waals surface area contributed by atoms with Crippen LogP contribution in [0.4, 0.5) is 4.79 Å². The van der Waals surface area contributed by atoms with Crippen LogP contribution in [0.3, 0.4) is 0 Å². The minimum atomic E-state index is -0.489. The van der Waals surface area contributed by atoms with Crippen LogP contribution in [0.2, 0.25) is 0 Å². The molecule has 5 heteroatoms. The molecule has 0 bridgehead atoms. The van der Waals surface area contributed by atoms with Crippen molar-refractivity contribution < 1.29 is 14.4 Å². The zero-order chi connectivity index (χ0) is 13.3. The lowest BCUT2D eigenvalue weighted by atomic mass is 10.0. The van der Waals surface area contributed by atoms with Crippen LogP contribution in [-0.2, 0) is 9.59 Å². The summed E-state index contributed by atoms with van der Waals surface area (Å²) in [5, 5.41) is 0. The van der Waals surface area contributed by atoms with Crippen LogP contribution in [-0.4, -0.2) is 40.7 Å². The number of carbonyl (C=O) groups is 3. The van der Waals surface area contributed by atoms with Gasteiger partial charge >= 0.3 is 6.03 Å². The van der Waals surface area contributed by atoms with E-state index in [4.69, 9.17) is 0 Å². The zero-order valence-electron chi connectivity index (χ0n) is 10.9. The van der Waals surface area contributed by atoms with Crippen molar-refractivity contribution in [3.8, 4) is 0 Å². The number of barbiturate groups is 1. The van der Waals surface area contributed by atoms with Crippen molar-refractivity contribution in [2.24, 2.45) is 0 Å². The van der Waals surface area contributed by atoms with Crippen LogP contribution < -0.4 is 0 Å². The van der Waals surface area contributed by atoms with Gasteiger partial charge in [0.15, 0.2) is 0 Å². The molecular weight excluding hydrogens is 232 g/mol. The van der Waals surface area contributed by atoms with Crippen molar-refractivity contribution in [2.75, 3.05) is 13.1 Å². The van der Waals surface area contributed by atoms with Gasteiger partial charge in [0.25, 0.3) is 11.8 Å². The maximum absolute atomic E-state index is 12.2. The maximum Gasteiger partial charge on any atom is 0.333 e. The Bertz CT molecular complexity index is 404. The molecular formula is C13H18N2O3. The Morgan fingerprint density at radius 3 is 1.72 bits per heavy atom. The summed E-state index contributed by atoms with van der Waals surface area (Å²) < 4.78 is 0. The molecule has 0 aromatic carbocycles. The van der Waals surface area contributed by atoms with Crippen LogP contribution in [0.15, 0.2) is 11.1 Å². The highest BCUT2D eigenvalue weighted by atomic mass is 16.2. The molecule has 0 spiro atoms. The average molecular weight is 250 g/mol. The van der Waals surface area contributed by atoms with E-state index in [1.165, 1.54) is 0 Å². The van der Waals surface area contributed by atoms with Gasteiger partial charge in [0, 0.05) is 13.1 Å². The molecule has 1 aliphatic heterocycles. The lowest BCUT2D eigenvalue weighted by Gasteiger charge is -2.33. The van der Waals surface area contributed by atoms with E-state index in [0.717, 1.165) is 41.1 Å². The molecule has 0 aromatic rings. The van der Waals surface area contributed by atoms with E-state index in [9.17, 15) is 14.4 Å². The molecule has 0 radical (unpaired) electrons. The Hall–Kier alpha value is -1.65. The minimum absolute atomic E-state index is 0.246. The fraction of sp³-hybridized carbons (Fsp3) is 0.615. The molecule has 2 rings (SSSR count). The third kappa shape index (κ3) is 1.83. The van der Waals surface area contributed by atoms with Gasteiger partial charge in [-0.2, -0.15) is 0 Å². The Morgan fingerprint density at radius 2 is 1.33 bits per heavy atom. The van der Waals surface area contributed by atoms with Crippen molar-refractivity contribution in [2.45, 2.75) is 39.5 Å². The SMILES string of the molecule is CCN1C(=O)C(=C2CCCC2)C(=O)N(CC)C1=O. The number of allylic oxidation sites excluding steroid dienone is 1. The highest BCUT2D eigenvalue weighted by Crippen LogP contribution is 2.30. The molecule has 5 nitrogen and oxygen atoms in total. The molecule has 1 saturated heterocycles. The zero-order valence-corrected chi connectivity index (χ0v) is 10.9. The molecule has 98 valence electrons. The molecule has 2 aliphatic rings. The molecule has 0 aromatic heterocycles. The number of carbonyl (C=O) groups excluding carboxylic acids is 3. The van der Waals surface area contributed by atoms with Gasteiger partial charge in [-0.05, 0) is 39.5 Å². The molecule has 0 N–H and O–H groups in total. The van der Waals surface area contributed by atoms with Crippen LogP contribution in [0.25, 0.3) is 0 Å². The highest BCUT2D eigenvalue weighted by molar-refractivity contribution is 6.29. The third-order valence-corrected chi connectivity index (χ3v) is 3.57. The molecule has 1 heterocycles. The van der Waals surface area contributed by atoms with Gasteiger partial charge in [0.2, 0.25) is 0 Å². The Labute approximate surface area is 106 Å². The molecule has 4 amide bonds. The van der Waals surface area contributed by atoms with E-state index in [-0.39, 0.29) is 5.57 Å². The molecule has 18 heavy (non-hydrogen) atoms. The summed E-state index contributed by atoms with van der Waals surface area (Å²) in [6.07, 6.45) is 3.64. The van der Waals surface area contributed by atoms with Crippen molar-refractivity contribution in [3.05, 3.63) is 11.1 Å². The first-order valence-corrected chi connectivity index (χ1v) is 6.51. The van der Waals surface area contributed by atoms with E-state index < -0.39 is 17.8 Å². The summed E-state index contributed by atoms with van der Waals surface area (Å²) in [6.45, 7) is 4.10. The van der Waals surface area contributed by atoms with Gasteiger partial charge in [-0.25, -0.2) is 4.79 Å². The fourth-order valence-electron chi connectivity index (χ4n) is 2.59. The van der Waals surface area contributed by atoms with Crippen molar-refractivity contribution >= 4 is 17.8 Å². The second-order valence-corrected chi connectivity index (χ2v) is 4.57. The topological polar surface area (TPSA) is 57.7 Å². The van der Waals surface area contributed by atoms with E-state index >= 15 is 0 Å². The predicted octanol–water partition coefficient (Wildman–Crippen LogP) is 1.69. The fourth-order valence-corrected chi connectivity index (χ4v) is 2.59. The van der Waals surface area contributed by atoms with Crippen LogP contribution in [0.1, 0.15) is 39.5 Å². The number of amides is 4. The summed E-state index contributed by atoms with van der Waals surface area (Å²) in [6, 6.07) is -0.489. The first-order valence-electron chi connectivity index (χ1n) is 6.51. The summed E-state index contributed by atoms with van der Waals surface area (Å²) >= 11 is 0. The Kier molecular flexibility index (Phi) is 3.50. The Morgan fingerprint density at radius 1 is 0.889 bits per heavy atom.